The number of unbranched alkanes of at least 4 members (excludes halogenated alkanes) is 25. The summed E-state index contributed by atoms with van der Waals surface area (Å²) in [6.45, 7) is 9.97. The highest BCUT2D eigenvalue weighted by atomic mass is 16.3. The van der Waals surface area contributed by atoms with Crippen LogP contribution in [-0.4, -0.2) is 96.5 Å². The fraction of sp³-hybridized carbons (Fsp3) is 0.875. The second-order valence-electron chi connectivity index (χ2n) is 17.1. The SMILES string of the molecule is CCCCCCCCC=CCCCCCCCCN(CCCCN(CCCCCCCCC=CCCCCCCCC)CC(O)CNC(=N)N)CC(O)CN=C(N)N. The van der Waals surface area contributed by atoms with Gasteiger partial charge in [0, 0.05) is 19.6 Å². The number of aliphatic imine (C=N–C) groups is 1. The minimum atomic E-state index is -0.594. The lowest BCUT2D eigenvalue weighted by molar-refractivity contribution is 0.106. The van der Waals surface area contributed by atoms with Crippen LogP contribution >= 0.6 is 0 Å². The summed E-state index contributed by atoms with van der Waals surface area (Å²) in [5.74, 6) is -0.0933. The Morgan fingerprint density at radius 3 is 1.16 bits per heavy atom. The van der Waals surface area contributed by atoms with Gasteiger partial charge in [0.05, 0.1) is 18.8 Å². The van der Waals surface area contributed by atoms with E-state index in [1.165, 1.54) is 167 Å². The zero-order valence-corrected chi connectivity index (χ0v) is 38.3. The minimum Gasteiger partial charge on any atom is -0.390 e. The van der Waals surface area contributed by atoms with Gasteiger partial charge >= 0.3 is 0 Å². The maximum atomic E-state index is 10.7. The smallest absolute Gasteiger partial charge is 0.185 e. The highest BCUT2D eigenvalue weighted by molar-refractivity contribution is 5.75. The van der Waals surface area contributed by atoms with Crippen LogP contribution in [0.15, 0.2) is 29.3 Å². The first kappa shape index (κ1) is 55.9. The summed E-state index contributed by atoms with van der Waals surface area (Å²) in [6, 6.07) is 0. The molecule has 0 bridgehead atoms. The molecule has 2 atom stereocenters. The largest absolute Gasteiger partial charge is 0.390 e. The van der Waals surface area contributed by atoms with E-state index in [0.717, 1.165) is 51.9 Å². The average molecular weight is 819 g/mol. The molecule has 0 amide bonds. The number of nitrogens with zero attached hydrogens (tertiary/aromatic N) is 3. The number of rotatable bonds is 45. The molecule has 0 saturated heterocycles. The molecule has 0 heterocycles. The van der Waals surface area contributed by atoms with E-state index in [1.54, 1.807) is 0 Å². The molecule has 0 aliphatic heterocycles. The number of aliphatic hydroxyl groups is 2. The fourth-order valence-electron chi connectivity index (χ4n) is 7.58. The first-order valence-corrected chi connectivity index (χ1v) is 24.5. The van der Waals surface area contributed by atoms with Crippen molar-refractivity contribution >= 4 is 11.9 Å². The van der Waals surface area contributed by atoms with E-state index >= 15 is 0 Å². The molecular weight excluding hydrogens is 721 g/mol. The van der Waals surface area contributed by atoms with Crippen LogP contribution in [-0.2, 0) is 0 Å². The van der Waals surface area contributed by atoms with Crippen LogP contribution in [0.25, 0.3) is 0 Å². The predicted octanol–water partition coefficient (Wildman–Crippen LogP) is 9.92. The Balaban J connectivity index is 4.53. The lowest BCUT2D eigenvalue weighted by atomic mass is 10.1. The number of nitrogens with two attached hydrogens (primary N) is 3. The Morgan fingerprint density at radius 2 is 0.810 bits per heavy atom. The maximum Gasteiger partial charge on any atom is 0.185 e. The zero-order valence-electron chi connectivity index (χ0n) is 38.3. The fourth-order valence-corrected chi connectivity index (χ4v) is 7.58. The quantitative estimate of drug-likeness (QED) is 0.0138. The first-order chi connectivity index (χ1) is 28.3. The van der Waals surface area contributed by atoms with Gasteiger partial charge in [-0.2, -0.15) is 0 Å². The Morgan fingerprint density at radius 1 is 0.500 bits per heavy atom. The average Bonchev–Trinajstić information content (AvgIpc) is 3.20. The van der Waals surface area contributed by atoms with Gasteiger partial charge in [-0.15, -0.1) is 0 Å². The van der Waals surface area contributed by atoms with Gasteiger partial charge < -0.3 is 42.5 Å². The Bertz CT molecular complexity index is 958. The van der Waals surface area contributed by atoms with E-state index in [-0.39, 0.29) is 25.0 Å². The number of hydrogen-bond donors (Lipinski definition) is 7. The molecule has 0 aromatic rings. The number of aliphatic hydroxyl groups excluding tert-OH is 2. The van der Waals surface area contributed by atoms with Gasteiger partial charge in [-0.1, -0.05) is 154 Å². The normalized spacial score (nSPS) is 13.0. The van der Waals surface area contributed by atoms with Gasteiger partial charge in [0.1, 0.15) is 0 Å². The molecule has 342 valence electrons. The van der Waals surface area contributed by atoms with E-state index in [2.05, 4.69) is 58.3 Å². The molecule has 0 radical (unpaired) electrons. The highest BCUT2D eigenvalue weighted by Crippen LogP contribution is 2.13. The van der Waals surface area contributed by atoms with Gasteiger partial charge in [0.15, 0.2) is 11.9 Å². The number of guanidine groups is 2. The molecular formula is C48H98N8O2. The molecule has 0 aliphatic rings. The van der Waals surface area contributed by atoms with E-state index in [1.807, 2.05) is 0 Å². The summed E-state index contributed by atoms with van der Waals surface area (Å²) < 4.78 is 0. The Hall–Kier alpha value is -2.14. The first-order valence-electron chi connectivity index (χ1n) is 24.5. The monoisotopic (exact) mass is 819 g/mol. The predicted molar refractivity (Wildman–Crippen MR) is 254 cm³/mol. The standard InChI is InChI=1S/C48H98N8O2/c1-3-5-7-9-11-13-15-17-19-21-23-25-27-29-31-33-37-55(43-45(57)41-53-47(49)50)39-35-36-40-56(44-46(58)42-54-48(51)52)38-34-32-30-28-26-24-22-20-18-16-14-12-10-8-6-4-2/h17-20,45-46,57-58H,3-16,21-44H2,1-2H3,(H4,49,50,53)(H4,51,52,54). The minimum absolute atomic E-state index is 0.0152. The second-order valence-corrected chi connectivity index (χ2v) is 17.1. The molecule has 0 fully saturated rings. The highest BCUT2D eigenvalue weighted by Gasteiger charge is 2.14. The van der Waals surface area contributed by atoms with Crippen LogP contribution in [0.2, 0.25) is 0 Å². The Kier molecular flexibility index (Phi) is 42.8. The molecule has 10 heteroatoms. The van der Waals surface area contributed by atoms with Gasteiger partial charge in [-0.25, -0.2) is 0 Å². The molecule has 2 unspecified atom stereocenters. The second kappa shape index (κ2) is 44.4. The molecule has 10 nitrogen and oxygen atoms in total. The van der Waals surface area contributed by atoms with Crippen molar-refractivity contribution in [1.29, 1.82) is 5.41 Å². The molecule has 0 spiro atoms. The molecule has 0 aromatic carbocycles. The van der Waals surface area contributed by atoms with Crippen LogP contribution in [0.5, 0.6) is 0 Å². The van der Waals surface area contributed by atoms with Crippen LogP contribution in [0.1, 0.15) is 206 Å². The van der Waals surface area contributed by atoms with E-state index < -0.39 is 12.2 Å². The molecule has 0 aliphatic carbocycles. The van der Waals surface area contributed by atoms with Gasteiger partial charge in [-0.05, 0) is 103 Å². The van der Waals surface area contributed by atoms with Crippen LogP contribution < -0.4 is 22.5 Å². The summed E-state index contributed by atoms with van der Waals surface area (Å²) in [5.41, 5.74) is 16.5. The third-order valence-corrected chi connectivity index (χ3v) is 11.1. The third-order valence-electron chi connectivity index (χ3n) is 11.1. The number of nitrogens with one attached hydrogen (secondary N) is 2. The molecule has 0 aromatic heterocycles. The van der Waals surface area contributed by atoms with Crippen molar-refractivity contribution in [2.75, 3.05) is 52.4 Å². The van der Waals surface area contributed by atoms with E-state index in [4.69, 9.17) is 22.6 Å². The summed E-state index contributed by atoms with van der Waals surface area (Å²) in [6.07, 6.45) is 46.7. The van der Waals surface area contributed by atoms with Crippen molar-refractivity contribution in [3.63, 3.8) is 0 Å². The molecule has 10 N–H and O–H groups in total. The summed E-state index contributed by atoms with van der Waals surface area (Å²) in [5, 5.41) is 31.6. The van der Waals surface area contributed by atoms with E-state index in [9.17, 15) is 10.2 Å². The van der Waals surface area contributed by atoms with Gasteiger partial charge in [0.25, 0.3) is 0 Å². The van der Waals surface area contributed by atoms with Crippen molar-refractivity contribution in [3.8, 4) is 0 Å². The summed E-state index contributed by atoms with van der Waals surface area (Å²) >= 11 is 0. The van der Waals surface area contributed by atoms with Gasteiger partial charge in [0.2, 0.25) is 0 Å². The number of allylic oxidation sites excluding steroid dienone is 4. The zero-order chi connectivity index (χ0) is 42.6. The van der Waals surface area contributed by atoms with Crippen molar-refractivity contribution in [3.05, 3.63) is 24.3 Å². The Labute approximate surface area is 359 Å². The van der Waals surface area contributed by atoms with Crippen LogP contribution in [0, 0.1) is 5.41 Å². The molecule has 0 saturated carbocycles. The third kappa shape index (κ3) is 43.4. The molecule has 0 rings (SSSR count). The van der Waals surface area contributed by atoms with Gasteiger partial charge in [-0.3, -0.25) is 10.4 Å². The van der Waals surface area contributed by atoms with Crippen LogP contribution in [0.4, 0.5) is 0 Å². The molecule has 58 heavy (non-hydrogen) atoms. The lowest BCUT2D eigenvalue weighted by Gasteiger charge is -2.27. The van der Waals surface area contributed by atoms with Crippen molar-refractivity contribution in [1.82, 2.24) is 15.1 Å². The van der Waals surface area contributed by atoms with Crippen molar-refractivity contribution in [2.24, 2.45) is 22.2 Å². The van der Waals surface area contributed by atoms with Crippen LogP contribution in [0.3, 0.4) is 0 Å². The number of hydrogen-bond acceptors (Lipinski definition) is 6. The maximum absolute atomic E-state index is 10.7. The summed E-state index contributed by atoms with van der Waals surface area (Å²) in [4.78, 5) is 8.80. The lowest BCUT2D eigenvalue weighted by Crippen LogP contribution is -2.42. The summed E-state index contributed by atoms with van der Waals surface area (Å²) in [7, 11) is 0. The topological polar surface area (TPSA) is 173 Å². The van der Waals surface area contributed by atoms with Crippen molar-refractivity contribution < 1.29 is 10.2 Å². The van der Waals surface area contributed by atoms with Crippen molar-refractivity contribution in [2.45, 2.75) is 219 Å². The van der Waals surface area contributed by atoms with E-state index in [0.29, 0.717) is 13.1 Å².